The molecule has 0 atom stereocenters. The number of halogens is 1. The highest BCUT2D eigenvalue weighted by Gasteiger charge is 2.40. The van der Waals surface area contributed by atoms with Gasteiger partial charge >= 0.3 is 0 Å². The van der Waals surface area contributed by atoms with Crippen molar-refractivity contribution in [2.24, 2.45) is 0 Å². The minimum atomic E-state index is -0.480. The highest BCUT2D eigenvalue weighted by Crippen LogP contribution is 2.29. The fourth-order valence-electron chi connectivity index (χ4n) is 3.12. The van der Waals surface area contributed by atoms with Gasteiger partial charge in [-0.15, -0.1) is 0 Å². The first kappa shape index (κ1) is 16.8. The van der Waals surface area contributed by atoms with Gasteiger partial charge < -0.3 is 0 Å². The second-order valence-corrected chi connectivity index (χ2v) is 5.20. The van der Waals surface area contributed by atoms with Gasteiger partial charge in [-0.25, -0.2) is 4.39 Å². The van der Waals surface area contributed by atoms with Crippen molar-refractivity contribution in [3.8, 4) is 0 Å². The Labute approximate surface area is 122 Å². The number of ketones is 1. The summed E-state index contributed by atoms with van der Waals surface area (Å²) in [4.78, 5) is 15.3. The smallest absolute Gasteiger partial charge is 0.183 e. The molecule has 1 aromatic rings. The molecule has 112 valence electrons. The molecule has 0 radical (unpaired) electrons. The molecule has 0 amide bonds. The molecule has 0 fully saturated rings. The molecule has 1 rings (SSSR count). The van der Waals surface area contributed by atoms with Crippen LogP contribution < -0.4 is 0 Å². The molecule has 0 aliphatic rings. The Hall–Kier alpha value is -1.22. The lowest BCUT2D eigenvalue weighted by Gasteiger charge is -2.41. The monoisotopic (exact) mass is 279 g/mol. The van der Waals surface area contributed by atoms with Crippen molar-refractivity contribution in [2.45, 2.75) is 53.0 Å². The summed E-state index contributed by atoms with van der Waals surface area (Å²) in [7, 11) is 0. The SMILES string of the molecule is CCN(CC)C(CC)(CC)C(=O)c1ccc(F)cc1C. The zero-order valence-electron chi connectivity index (χ0n) is 13.3. The van der Waals surface area contributed by atoms with Crippen molar-refractivity contribution in [3.63, 3.8) is 0 Å². The lowest BCUT2D eigenvalue weighted by Crippen LogP contribution is -2.54. The van der Waals surface area contributed by atoms with Crippen LogP contribution in [0, 0.1) is 12.7 Å². The number of Topliss-reactive ketones (excluding diaryl/α,β-unsaturated/α-hetero) is 1. The van der Waals surface area contributed by atoms with Gasteiger partial charge in [-0.1, -0.05) is 27.7 Å². The number of aryl methyl sites for hydroxylation is 1. The minimum absolute atomic E-state index is 0.115. The van der Waals surface area contributed by atoms with Gasteiger partial charge in [0.1, 0.15) is 5.82 Å². The summed E-state index contributed by atoms with van der Waals surface area (Å²) in [5, 5.41) is 0. The van der Waals surface area contributed by atoms with Crippen molar-refractivity contribution in [1.82, 2.24) is 4.90 Å². The second-order valence-electron chi connectivity index (χ2n) is 5.20. The van der Waals surface area contributed by atoms with Crippen molar-refractivity contribution < 1.29 is 9.18 Å². The molecular weight excluding hydrogens is 253 g/mol. The van der Waals surface area contributed by atoms with E-state index in [0.717, 1.165) is 25.9 Å². The van der Waals surface area contributed by atoms with Crippen molar-refractivity contribution in [1.29, 1.82) is 0 Å². The van der Waals surface area contributed by atoms with Gasteiger partial charge in [-0.2, -0.15) is 0 Å². The van der Waals surface area contributed by atoms with Gasteiger partial charge in [0.05, 0.1) is 5.54 Å². The second kappa shape index (κ2) is 6.98. The number of hydrogen-bond acceptors (Lipinski definition) is 2. The zero-order valence-corrected chi connectivity index (χ0v) is 13.3. The summed E-state index contributed by atoms with van der Waals surface area (Å²) < 4.78 is 13.2. The van der Waals surface area contributed by atoms with E-state index >= 15 is 0 Å². The molecule has 0 saturated heterocycles. The topological polar surface area (TPSA) is 20.3 Å². The fraction of sp³-hybridized carbons (Fsp3) is 0.588. The summed E-state index contributed by atoms with van der Waals surface area (Å²) in [6.45, 7) is 11.7. The largest absolute Gasteiger partial charge is 0.292 e. The maximum atomic E-state index is 13.2. The van der Waals surface area contributed by atoms with E-state index in [0.29, 0.717) is 11.1 Å². The maximum absolute atomic E-state index is 13.2. The van der Waals surface area contributed by atoms with Crippen LogP contribution in [0.4, 0.5) is 4.39 Å². The molecule has 0 aliphatic carbocycles. The van der Waals surface area contributed by atoms with Gasteiger partial charge in [-0.3, -0.25) is 9.69 Å². The van der Waals surface area contributed by atoms with E-state index in [2.05, 4.69) is 32.6 Å². The third kappa shape index (κ3) is 2.93. The summed E-state index contributed by atoms with van der Waals surface area (Å²) >= 11 is 0. The predicted octanol–water partition coefficient (Wildman–Crippen LogP) is 4.22. The van der Waals surface area contributed by atoms with Crippen LogP contribution in [0.3, 0.4) is 0 Å². The van der Waals surface area contributed by atoms with Crippen LogP contribution in [0.1, 0.15) is 56.5 Å². The van der Waals surface area contributed by atoms with E-state index in [4.69, 9.17) is 0 Å². The molecule has 20 heavy (non-hydrogen) atoms. The van der Waals surface area contributed by atoms with Gasteiger partial charge in [0.2, 0.25) is 0 Å². The number of carbonyl (C=O) groups is 1. The number of nitrogens with zero attached hydrogens (tertiary/aromatic N) is 1. The molecule has 3 heteroatoms. The first-order valence-corrected chi connectivity index (χ1v) is 7.52. The third-order valence-electron chi connectivity index (χ3n) is 4.39. The van der Waals surface area contributed by atoms with Crippen LogP contribution in [-0.2, 0) is 0 Å². The van der Waals surface area contributed by atoms with E-state index < -0.39 is 5.54 Å². The van der Waals surface area contributed by atoms with Crippen molar-refractivity contribution in [3.05, 3.63) is 35.1 Å². The van der Waals surface area contributed by atoms with Crippen LogP contribution in [0.5, 0.6) is 0 Å². The Morgan fingerprint density at radius 2 is 1.70 bits per heavy atom. The summed E-state index contributed by atoms with van der Waals surface area (Å²) in [6.07, 6.45) is 1.53. The zero-order chi connectivity index (χ0) is 15.3. The molecular formula is C17H26FNO. The Morgan fingerprint density at radius 3 is 2.10 bits per heavy atom. The number of rotatable bonds is 7. The van der Waals surface area contributed by atoms with E-state index in [1.165, 1.54) is 12.1 Å². The molecule has 2 nitrogen and oxygen atoms in total. The van der Waals surface area contributed by atoms with Gasteiger partial charge in [0.25, 0.3) is 0 Å². The number of hydrogen-bond donors (Lipinski definition) is 0. The third-order valence-corrected chi connectivity index (χ3v) is 4.39. The molecule has 0 aliphatic heterocycles. The van der Waals surface area contributed by atoms with Gasteiger partial charge in [0, 0.05) is 5.56 Å². The van der Waals surface area contributed by atoms with E-state index in [1.807, 2.05) is 0 Å². The lowest BCUT2D eigenvalue weighted by molar-refractivity contribution is 0.0534. The highest BCUT2D eigenvalue weighted by atomic mass is 19.1. The van der Waals surface area contributed by atoms with E-state index in [1.54, 1.807) is 13.0 Å². The quantitative estimate of drug-likeness (QED) is 0.697. The first-order valence-electron chi connectivity index (χ1n) is 7.52. The molecule has 0 spiro atoms. The predicted molar refractivity (Wildman–Crippen MR) is 81.7 cm³/mol. The Kier molecular flexibility index (Phi) is 5.88. The molecule has 0 bridgehead atoms. The minimum Gasteiger partial charge on any atom is -0.292 e. The Morgan fingerprint density at radius 1 is 1.15 bits per heavy atom. The van der Waals surface area contributed by atoms with Gasteiger partial charge in [-0.05, 0) is 56.6 Å². The average Bonchev–Trinajstić information content (AvgIpc) is 2.44. The van der Waals surface area contributed by atoms with E-state index in [-0.39, 0.29) is 11.6 Å². The molecule has 0 heterocycles. The van der Waals surface area contributed by atoms with Crippen LogP contribution in [0.25, 0.3) is 0 Å². The van der Waals surface area contributed by atoms with Crippen molar-refractivity contribution >= 4 is 5.78 Å². The van der Waals surface area contributed by atoms with Crippen LogP contribution in [0.15, 0.2) is 18.2 Å². The van der Waals surface area contributed by atoms with Crippen LogP contribution in [-0.4, -0.2) is 29.3 Å². The fourth-order valence-corrected chi connectivity index (χ4v) is 3.12. The summed E-state index contributed by atoms with van der Waals surface area (Å²) in [5.41, 5.74) is 0.877. The standard InChI is InChI=1S/C17H26FNO/c1-6-17(7-2,19(8-3)9-4)16(20)15-11-10-14(18)12-13(15)5/h10-12H,6-9H2,1-5H3. The summed E-state index contributed by atoms with van der Waals surface area (Å²) in [5.74, 6) is -0.177. The van der Waals surface area contributed by atoms with Crippen molar-refractivity contribution in [2.75, 3.05) is 13.1 Å². The van der Waals surface area contributed by atoms with Gasteiger partial charge in [0.15, 0.2) is 5.78 Å². The molecule has 0 N–H and O–H groups in total. The molecule has 0 unspecified atom stereocenters. The first-order chi connectivity index (χ1) is 9.46. The summed E-state index contributed by atoms with van der Waals surface area (Å²) in [6, 6.07) is 4.43. The highest BCUT2D eigenvalue weighted by molar-refractivity contribution is 6.04. The molecule has 1 aromatic carbocycles. The lowest BCUT2D eigenvalue weighted by atomic mass is 9.81. The Balaban J connectivity index is 3.30. The molecule has 0 aromatic heterocycles. The maximum Gasteiger partial charge on any atom is 0.183 e. The average molecular weight is 279 g/mol. The number of benzene rings is 1. The van der Waals surface area contributed by atoms with Crippen LogP contribution in [0.2, 0.25) is 0 Å². The van der Waals surface area contributed by atoms with E-state index in [9.17, 15) is 9.18 Å². The van der Waals surface area contributed by atoms with Crippen LogP contribution >= 0.6 is 0 Å². The number of carbonyl (C=O) groups excluding carboxylic acids is 1. The normalized spacial score (nSPS) is 11.9. The molecule has 0 saturated carbocycles. The number of likely N-dealkylation sites (N-methyl/N-ethyl adjacent to an activating group) is 1. The Bertz CT molecular complexity index is 462.